The van der Waals surface area contributed by atoms with Gasteiger partial charge in [0.1, 0.15) is 0 Å². The van der Waals surface area contributed by atoms with Gasteiger partial charge in [0.15, 0.2) is 17.3 Å². The molecule has 0 amide bonds. The van der Waals surface area contributed by atoms with E-state index in [4.69, 9.17) is 42.7 Å². The largest absolute Gasteiger partial charge is 0.493 e. The summed E-state index contributed by atoms with van der Waals surface area (Å²) in [4.78, 5) is 14.2. The van der Waals surface area contributed by atoms with E-state index in [2.05, 4.69) is 17.1 Å². The molecule has 4 aromatic rings. The molecule has 0 unspecified atom stereocenters. The maximum Gasteiger partial charge on any atom is 0.161 e. The molecule has 1 aliphatic heterocycles. The van der Waals surface area contributed by atoms with Gasteiger partial charge in [-0.15, -0.1) is 11.8 Å². The molecular formula is C24H19Cl2N3O2S. The molecule has 1 aliphatic rings. The third-order valence-electron chi connectivity index (χ3n) is 5.35. The van der Waals surface area contributed by atoms with Crippen molar-refractivity contribution in [1.29, 1.82) is 0 Å². The summed E-state index contributed by atoms with van der Waals surface area (Å²) >= 11 is 14.2. The molecule has 2 heterocycles. The van der Waals surface area contributed by atoms with Gasteiger partial charge in [0, 0.05) is 16.6 Å². The van der Waals surface area contributed by atoms with Gasteiger partial charge >= 0.3 is 0 Å². The molecule has 0 saturated carbocycles. The monoisotopic (exact) mass is 483 g/mol. The van der Waals surface area contributed by atoms with Gasteiger partial charge < -0.3 is 14.5 Å². The highest BCUT2D eigenvalue weighted by molar-refractivity contribution is 7.99. The second-order valence-electron chi connectivity index (χ2n) is 7.32. The molecule has 5 rings (SSSR count). The van der Waals surface area contributed by atoms with Crippen LogP contribution in [-0.4, -0.2) is 29.9 Å². The Morgan fingerprint density at radius 2 is 1.75 bits per heavy atom. The molecule has 0 fully saturated rings. The number of fused-ring (bicyclic) bond motifs is 2. The van der Waals surface area contributed by atoms with Crippen molar-refractivity contribution in [3.05, 3.63) is 76.0 Å². The van der Waals surface area contributed by atoms with Crippen LogP contribution in [0.15, 0.2) is 64.5 Å². The number of nitrogens with one attached hydrogen (secondary N) is 1. The number of H-pyrrole nitrogens is 1. The fraction of sp³-hybridized carbons (Fsp3) is 0.167. The smallest absolute Gasteiger partial charge is 0.161 e. The summed E-state index contributed by atoms with van der Waals surface area (Å²) in [6.45, 7) is 0. The van der Waals surface area contributed by atoms with Crippen LogP contribution in [0.25, 0.3) is 11.0 Å². The average molecular weight is 484 g/mol. The molecular weight excluding hydrogens is 465 g/mol. The summed E-state index contributed by atoms with van der Waals surface area (Å²) < 4.78 is 10.9. The topological polar surface area (TPSA) is 59.5 Å². The van der Waals surface area contributed by atoms with Gasteiger partial charge in [-0.3, -0.25) is 0 Å². The van der Waals surface area contributed by atoms with E-state index in [1.54, 1.807) is 38.1 Å². The summed E-state index contributed by atoms with van der Waals surface area (Å²) in [6.07, 6.45) is 0.677. The first kappa shape index (κ1) is 21.2. The molecule has 0 spiro atoms. The Morgan fingerprint density at radius 1 is 0.969 bits per heavy atom. The minimum atomic E-state index is 0.109. The third-order valence-corrected chi connectivity index (χ3v) is 7.39. The van der Waals surface area contributed by atoms with Gasteiger partial charge in [0.05, 0.1) is 46.7 Å². The first-order valence-corrected chi connectivity index (χ1v) is 11.6. The lowest BCUT2D eigenvalue weighted by atomic mass is 10.1. The van der Waals surface area contributed by atoms with E-state index in [9.17, 15) is 0 Å². The van der Waals surface area contributed by atoms with Crippen molar-refractivity contribution in [1.82, 2.24) is 9.97 Å². The molecule has 5 nitrogen and oxygen atoms in total. The number of hydrogen-bond donors (Lipinski definition) is 1. The van der Waals surface area contributed by atoms with E-state index in [1.807, 2.05) is 30.3 Å². The fourth-order valence-electron chi connectivity index (χ4n) is 3.74. The number of ether oxygens (including phenoxy) is 2. The second-order valence-corrected chi connectivity index (χ2v) is 9.38. The van der Waals surface area contributed by atoms with Gasteiger partial charge in [-0.25, -0.2) is 9.98 Å². The molecule has 0 bridgehead atoms. The van der Waals surface area contributed by atoms with Crippen LogP contribution in [0.4, 0.5) is 5.69 Å². The summed E-state index contributed by atoms with van der Waals surface area (Å²) in [7, 11) is 3.29. The Morgan fingerprint density at radius 3 is 2.56 bits per heavy atom. The van der Waals surface area contributed by atoms with Crippen LogP contribution in [0.3, 0.4) is 0 Å². The van der Waals surface area contributed by atoms with E-state index in [0.29, 0.717) is 33.8 Å². The van der Waals surface area contributed by atoms with E-state index >= 15 is 0 Å². The maximum absolute atomic E-state index is 6.20. The van der Waals surface area contributed by atoms with Gasteiger partial charge in [-0.1, -0.05) is 41.4 Å². The lowest BCUT2D eigenvalue weighted by Gasteiger charge is -2.17. The van der Waals surface area contributed by atoms with Crippen LogP contribution in [0.2, 0.25) is 10.0 Å². The SMILES string of the molecule is COc1ccc([C@H]2CC(c3nc4cc(Cl)c(Cl)cc4[nH]3)=Nc3ccccc3S2)cc1OC. The van der Waals surface area contributed by atoms with Crippen LogP contribution < -0.4 is 9.47 Å². The van der Waals surface area contributed by atoms with E-state index in [-0.39, 0.29) is 5.25 Å². The highest BCUT2D eigenvalue weighted by Crippen LogP contribution is 2.46. The lowest BCUT2D eigenvalue weighted by Crippen LogP contribution is -2.07. The summed E-state index contributed by atoms with van der Waals surface area (Å²) in [6, 6.07) is 17.7. The highest BCUT2D eigenvalue weighted by Gasteiger charge is 2.25. The Labute approximate surface area is 199 Å². The molecule has 0 aliphatic carbocycles. The highest BCUT2D eigenvalue weighted by atomic mass is 35.5. The summed E-state index contributed by atoms with van der Waals surface area (Å²) in [5.41, 5.74) is 4.49. The Bertz CT molecular complexity index is 1310. The molecule has 1 N–H and O–H groups in total. The second kappa shape index (κ2) is 8.70. The third kappa shape index (κ3) is 3.94. The zero-order valence-corrected chi connectivity index (χ0v) is 19.7. The molecule has 3 aromatic carbocycles. The number of aromatic amines is 1. The average Bonchev–Trinajstić information content (AvgIpc) is 3.10. The molecule has 0 saturated heterocycles. The van der Waals surface area contributed by atoms with Crippen LogP contribution in [0, 0.1) is 0 Å². The number of halogens is 2. The Kier molecular flexibility index (Phi) is 5.76. The number of nitrogens with zero attached hydrogens (tertiary/aromatic N) is 2. The predicted molar refractivity (Wildman–Crippen MR) is 132 cm³/mol. The van der Waals surface area contributed by atoms with Crippen LogP contribution in [-0.2, 0) is 0 Å². The first-order valence-electron chi connectivity index (χ1n) is 9.96. The van der Waals surface area contributed by atoms with Gasteiger partial charge in [-0.05, 0) is 42.0 Å². The van der Waals surface area contributed by atoms with E-state index < -0.39 is 0 Å². The predicted octanol–water partition coefficient (Wildman–Crippen LogP) is 7.24. The number of aromatic nitrogens is 2. The number of thioether (sulfide) groups is 1. The lowest BCUT2D eigenvalue weighted by molar-refractivity contribution is 0.354. The van der Waals surface area contributed by atoms with Gasteiger partial charge in [0.2, 0.25) is 0 Å². The molecule has 32 heavy (non-hydrogen) atoms. The zero-order valence-electron chi connectivity index (χ0n) is 17.4. The van der Waals surface area contributed by atoms with Crippen LogP contribution in [0.5, 0.6) is 11.5 Å². The normalized spacial score (nSPS) is 15.8. The Hall–Kier alpha value is -2.67. The van der Waals surface area contributed by atoms with Crippen molar-refractivity contribution in [3.63, 3.8) is 0 Å². The number of para-hydroxylation sites is 1. The zero-order chi connectivity index (χ0) is 22.2. The number of imidazole rings is 1. The molecule has 0 radical (unpaired) electrons. The molecule has 162 valence electrons. The molecule has 1 aromatic heterocycles. The molecule has 8 heteroatoms. The number of rotatable bonds is 4. The van der Waals surface area contributed by atoms with E-state index in [0.717, 1.165) is 32.9 Å². The number of hydrogen-bond acceptors (Lipinski definition) is 5. The van der Waals surface area contributed by atoms with Crippen molar-refractivity contribution in [2.45, 2.75) is 16.6 Å². The number of methoxy groups -OCH3 is 2. The number of aliphatic imine (C=N–C) groups is 1. The van der Waals surface area contributed by atoms with Crippen molar-refractivity contribution < 1.29 is 9.47 Å². The van der Waals surface area contributed by atoms with Crippen molar-refractivity contribution in [2.24, 2.45) is 4.99 Å². The fourth-order valence-corrected chi connectivity index (χ4v) is 5.28. The van der Waals surface area contributed by atoms with Crippen LogP contribution >= 0.6 is 35.0 Å². The Balaban J connectivity index is 1.60. The summed E-state index contributed by atoms with van der Waals surface area (Å²) in [5.74, 6) is 2.12. The molecule has 1 atom stereocenters. The van der Waals surface area contributed by atoms with Crippen LogP contribution in [0.1, 0.15) is 23.1 Å². The van der Waals surface area contributed by atoms with Crippen molar-refractivity contribution in [3.8, 4) is 11.5 Å². The standard InChI is InChI=1S/C24H19Cl2N3O2S/c1-30-20-8-7-13(9-21(20)31-2)23-12-19(27-16-5-3-4-6-22(16)32-23)24-28-17-10-14(25)15(26)11-18(17)29-24/h3-11,23H,12H2,1-2H3,(H,28,29)/t23-/m1/s1. The maximum atomic E-state index is 6.20. The number of benzene rings is 3. The minimum Gasteiger partial charge on any atom is -0.493 e. The summed E-state index contributed by atoms with van der Waals surface area (Å²) in [5, 5.41) is 1.07. The quantitative estimate of drug-likeness (QED) is 0.332. The van der Waals surface area contributed by atoms with Gasteiger partial charge in [0.25, 0.3) is 0 Å². The minimum absolute atomic E-state index is 0.109. The van der Waals surface area contributed by atoms with Crippen molar-refractivity contribution in [2.75, 3.05) is 14.2 Å². The van der Waals surface area contributed by atoms with Crippen molar-refractivity contribution >= 4 is 57.4 Å². The van der Waals surface area contributed by atoms with Gasteiger partial charge in [-0.2, -0.15) is 0 Å². The first-order chi connectivity index (χ1) is 15.6. The van der Waals surface area contributed by atoms with E-state index in [1.165, 1.54) is 0 Å².